The summed E-state index contributed by atoms with van der Waals surface area (Å²) in [7, 11) is 0. The number of pyridine rings is 1. The molecule has 0 atom stereocenters. The van der Waals surface area contributed by atoms with E-state index < -0.39 is 5.97 Å². The fourth-order valence-corrected chi connectivity index (χ4v) is 3.61. The number of carbonyl (C=O) groups is 1. The van der Waals surface area contributed by atoms with Crippen LogP contribution in [0.25, 0.3) is 28.9 Å². The Kier molecular flexibility index (Phi) is 34.6. The molecule has 240 valence electrons. The third kappa shape index (κ3) is 24.0. The molecule has 0 amide bonds. The maximum atomic E-state index is 10.2. The molecule has 4 rings (SSSR count). The van der Waals surface area contributed by atoms with Gasteiger partial charge in [-0.1, -0.05) is 140 Å². The molecule has 0 saturated heterocycles. The zero-order valence-electron chi connectivity index (χ0n) is 26.5. The number of aromatic nitrogens is 1. The first kappa shape index (κ1) is 46.4. The van der Waals surface area contributed by atoms with E-state index in [0.29, 0.717) is 6.42 Å². The predicted molar refractivity (Wildman–Crippen MR) is 184 cm³/mol. The first-order chi connectivity index (χ1) is 18.9. The molecule has 2 aliphatic carbocycles. The van der Waals surface area contributed by atoms with Crippen LogP contribution in [-0.4, -0.2) is 22.1 Å². The van der Waals surface area contributed by atoms with Crippen LogP contribution in [0.15, 0.2) is 86.2 Å². The molecule has 1 heterocycles. The van der Waals surface area contributed by atoms with E-state index >= 15 is 0 Å². The molecule has 0 bridgehead atoms. The Bertz CT molecular complexity index is 1040. The number of nitrogens with two attached hydrogens (primary N) is 1. The summed E-state index contributed by atoms with van der Waals surface area (Å²) in [6.45, 7) is 16.9. The van der Waals surface area contributed by atoms with Crippen molar-refractivity contribution < 1.29 is 31.0 Å². The number of hydrogen-bond acceptors (Lipinski definition) is 2. The fraction of sp³-hybridized carbons (Fsp3) is 0.417. The third-order valence-electron chi connectivity index (χ3n) is 5.89. The Hall–Kier alpha value is -2.59. The van der Waals surface area contributed by atoms with Crippen molar-refractivity contribution in [3.63, 3.8) is 0 Å². The second-order valence-corrected chi connectivity index (χ2v) is 9.27. The molecule has 0 radical (unpaired) electrons. The Balaban J connectivity index is -0.000000240. The van der Waals surface area contributed by atoms with Crippen LogP contribution in [0.2, 0.25) is 0 Å². The maximum Gasteiger partial charge on any atom is 0.303 e. The molecule has 2 fully saturated rings. The van der Waals surface area contributed by atoms with E-state index in [1.807, 2.05) is 38.3 Å². The van der Waals surface area contributed by atoms with Gasteiger partial charge in [0.2, 0.25) is 0 Å². The largest absolute Gasteiger partial charge is 0.693 e. The van der Waals surface area contributed by atoms with Crippen molar-refractivity contribution in [1.82, 2.24) is 4.98 Å². The van der Waals surface area contributed by atoms with Crippen LogP contribution >= 0.6 is 0 Å². The Morgan fingerprint density at radius 3 is 2.05 bits per heavy atom. The van der Waals surface area contributed by atoms with Gasteiger partial charge in [-0.05, 0) is 42.5 Å². The van der Waals surface area contributed by atoms with E-state index in [1.54, 1.807) is 18.2 Å². The van der Waals surface area contributed by atoms with Crippen molar-refractivity contribution in [1.29, 1.82) is 0 Å². The number of aryl methyl sites for hydroxylation is 1. The van der Waals surface area contributed by atoms with Crippen molar-refractivity contribution in [2.75, 3.05) is 0 Å². The van der Waals surface area contributed by atoms with Crippen molar-refractivity contribution in [3.8, 4) is 0 Å². The standard InChI is InChI=1S/C14H13N.C10H14O2.C6H12N.C3H6.C2H6.CH3.H2N.Pt/c1-3-4-6-12-8-9-13-7-5-10-15-14(13)11(12)2;1-3-6-9(4-2)7-5-8-10(11)12;7-6-4-2-1-3-5-6;1-2-3-1;1-2;;;/h3-10H,1H2,2H3;3-4,6H,1-2,5,7-8H2,(H,11,12);6-7H,1-5H2;1-3H2;1-2H3;1H3;1H2;/q;;-1;;;2*-1;/b6-4-;9-6+;;;;;;. The van der Waals surface area contributed by atoms with E-state index in [-0.39, 0.29) is 47.1 Å². The zero-order valence-corrected chi connectivity index (χ0v) is 28.8. The SMILES string of the molecule is C1CC1.C=C/C=C(\C=C)CCCC(=O)O.C=C/C=C\c1ccc2cccnc2c1C.CC.[CH3-].[NH-]C1CCCCC1.[NH2-].[Pt]. The van der Waals surface area contributed by atoms with Crippen molar-refractivity contribution in [3.05, 3.63) is 117 Å². The summed E-state index contributed by atoms with van der Waals surface area (Å²) in [4.78, 5) is 14.6. The third-order valence-corrected chi connectivity index (χ3v) is 5.89. The minimum atomic E-state index is -0.753. The van der Waals surface area contributed by atoms with Gasteiger partial charge in [-0.25, -0.2) is 0 Å². The normalized spacial score (nSPS) is 13.1. The smallest absolute Gasteiger partial charge is 0.303 e. The zero-order chi connectivity index (χ0) is 29.3. The average Bonchev–Trinajstić information content (AvgIpc) is 3.85. The van der Waals surface area contributed by atoms with Gasteiger partial charge in [-0.3, -0.25) is 9.78 Å². The molecular weight excluding hydrogens is 701 g/mol. The molecule has 2 saturated carbocycles. The molecule has 0 spiro atoms. The van der Waals surface area contributed by atoms with Gasteiger partial charge in [0.25, 0.3) is 0 Å². The summed E-state index contributed by atoms with van der Waals surface area (Å²) in [5.74, 6) is -0.753. The number of fused-ring (bicyclic) bond motifs is 1. The first-order valence-electron chi connectivity index (χ1n) is 14.4. The molecule has 2 aromatic rings. The number of nitrogens with one attached hydrogen (secondary N) is 1. The van der Waals surface area contributed by atoms with Gasteiger partial charge in [0.05, 0.1) is 5.52 Å². The van der Waals surface area contributed by atoms with Gasteiger partial charge >= 0.3 is 5.97 Å². The number of carboxylic acids is 1. The predicted octanol–water partition coefficient (Wildman–Crippen LogP) is 12.0. The second kappa shape index (κ2) is 31.3. The van der Waals surface area contributed by atoms with Crippen molar-refractivity contribution in [2.24, 2.45) is 0 Å². The quantitative estimate of drug-likeness (QED) is 0.214. The van der Waals surface area contributed by atoms with Gasteiger partial charge < -0.3 is 24.4 Å². The Labute approximate surface area is 272 Å². The van der Waals surface area contributed by atoms with E-state index in [9.17, 15) is 4.79 Å². The summed E-state index contributed by atoms with van der Waals surface area (Å²) in [5.41, 5.74) is 11.8. The number of rotatable bonds is 8. The van der Waals surface area contributed by atoms with Crippen molar-refractivity contribution >= 4 is 22.9 Å². The number of carboxylic acid groups (broad SMARTS) is 1. The maximum absolute atomic E-state index is 10.2. The summed E-state index contributed by atoms with van der Waals surface area (Å²) >= 11 is 0. The molecule has 0 aliphatic heterocycles. The van der Waals surface area contributed by atoms with Gasteiger partial charge in [0.15, 0.2) is 0 Å². The van der Waals surface area contributed by atoms with Crippen LogP contribution in [0.1, 0.15) is 95.6 Å². The first-order valence-corrected chi connectivity index (χ1v) is 14.4. The van der Waals surface area contributed by atoms with Crippen LogP contribution in [0.4, 0.5) is 0 Å². The fourth-order valence-electron chi connectivity index (χ4n) is 3.61. The van der Waals surface area contributed by atoms with Gasteiger partial charge in [-0.15, -0.1) is 6.04 Å². The van der Waals surface area contributed by atoms with E-state index in [2.05, 4.69) is 55.9 Å². The van der Waals surface area contributed by atoms with Crippen LogP contribution < -0.4 is 0 Å². The molecule has 2 aliphatic rings. The van der Waals surface area contributed by atoms with Gasteiger partial charge in [0.1, 0.15) is 0 Å². The topological polar surface area (TPSA) is 107 Å². The Morgan fingerprint density at radius 1 is 1.00 bits per heavy atom. The van der Waals surface area contributed by atoms with E-state index in [4.69, 9.17) is 10.8 Å². The van der Waals surface area contributed by atoms with Crippen LogP contribution in [0.3, 0.4) is 0 Å². The monoisotopic (exact) mass is 757 g/mol. The summed E-state index contributed by atoms with van der Waals surface area (Å²) < 4.78 is 0. The molecule has 42 heavy (non-hydrogen) atoms. The van der Waals surface area contributed by atoms with Crippen LogP contribution in [0, 0.1) is 14.4 Å². The number of hydrogen-bond donors (Lipinski definition) is 1. The molecule has 5 nitrogen and oxygen atoms in total. The van der Waals surface area contributed by atoms with Crippen LogP contribution in [0.5, 0.6) is 0 Å². The second-order valence-electron chi connectivity index (χ2n) is 9.27. The van der Waals surface area contributed by atoms with Crippen molar-refractivity contribution in [2.45, 2.75) is 97.4 Å². The van der Waals surface area contributed by atoms with Gasteiger partial charge in [0, 0.05) is 39.1 Å². The Morgan fingerprint density at radius 2 is 1.60 bits per heavy atom. The molecule has 1 aromatic carbocycles. The summed E-state index contributed by atoms with van der Waals surface area (Å²) in [6.07, 6.45) is 25.2. The number of allylic oxidation sites excluding steroid dienone is 6. The molecular formula is C36H56N3O2Pt-3. The molecule has 4 N–H and O–H groups in total. The molecule has 6 heteroatoms. The molecule has 0 unspecified atom stereocenters. The minimum Gasteiger partial charge on any atom is -0.693 e. The number of benzene rings is 1. The minimum absolute atomic E-state index is 0. The van der Waals surface area contributed by atoms with E-state index in [0.717, 1.165) is 30.4 Å². The molecule has 1 aromatic heterocycles. The number of nitrogens with zero attached hydrogens (tertiary/aromatic N) is 1. The van der Waals surface area contributed by atoms with Crippen LogP contribution in [-0.2, 0) is 25.9 Å². The summed E-state index contributed by atoms with van der Waals surface area (Å²) in [5, 5.41) is 9.55. The number of aliphatic carboxylic acids is 1. The van der Waals surface area contributed by atoms with E-state index in [1.165, 1.54) is 55.0 Å². The average molecular weight is 758 g/mol. The van der Waals surface area contributed by atoms with Gasteiger partial charge in [-0.2, -0.15) is 0 Å². The summed E-state index contributed by atoms with van der Waals surface area (Å²) in [6, 6.07) is 8.53.